The van der Waals surface area contributed by atoms with E-state index in [-0.39, 0.29) is 5.84 Å². The van der Waals surface area contributed by atoms with E-state index in [1.165, 1.54) is 0 Å². The number of fused-ring (bicyclic) bond motifs is 1. The van der Waals surface area contributed by atoms with Crippen LogP contribution in [0, 0.1) is 5.41 Å². The average Bonchev–Trinajstić information content (AvgIpc) is 2.17. The summed E-state index contributed by atoms with van der Waals surface area (Å²) in [5, 5.41) is 10.2. The van der Waals surface area contributed by atoms with Gasteiger partial charge in [-0.2, -0.15) is 0 Å². The molecule has 0 saturated carbocycles. The second kappa shape index (κ2) is 3.06. The maximum Gasteiger partial charge on any atom is 0.185 e. The summed E-state index contributed by atoms with van der Waals surface area (Å²) in [6.45, 7) is 0.507. The molecule has 4 nitrogen and oxygen atoms in total. The zero-order chi connectivity index (χ0) is 9.26. The summed E-state index contributed by atoms with van der Waals surface area (Å²) < 4.78 is 5.31. The highest BCUT2D eigenvalue weighted by Crippen LogP contribution is 2.22. The molecule has 4 N–H and O–H groups in total. The van der Waals surface area contributed by atoms with Crippen molar-refractivity contribution in [1.29, 1.82) is 5.41 Å². The summed E-state index contributed by atoms with van der Waals surface area (Å²) >= 11 is 0. The van der Waals surface area contributed by atoms with Crippen LogP contribution in [0.3, 0.4) is 0 Å². The molecule has 13 heavy (non-hydrogen) atoms. The molecular formula is C9H11N3O. The SMILES string of the molecule is N=C(N)C1Nc2ccccc2CO1. The van der Waals surface area contributed by atoms with E-state index in [1.54, 1.807) is 0 Å². The molecule has 0 amide bonds. The monoisotopic (exact) mass is 177 g/mol. The Morgan fingerprint density at radius 1 is 1.54 bits per heavy atom. The first-order valence-electron chi connectivity index (χ1n) is 4.07. The molecule has 4 heteroatoms. The number of nitrogens with one attached hydrogen (secondary N) is 2. The summed E-state index contributed by atoms with van der Waals surface area (Å²) in [6, 6.07) is 7.83. The minimum absolute atomic E-state index is 0.00880. The largest absolute Gasteiger partial charge is 0.384 e. The highest BCUT2D eigenvalue weighted by atomic mass is 16.5. The molecule has 2 rings (SSSR count). The van der Waals surface area contributed by atoms with Crippen LogP contribution in [-0.4, -0.2) is 12.1 Å². The molecule has 0 radical (unpaired) electrons. The fourth-order valence-electron chi connectivity index (χ4n) is 1.31. The second-order valence-electron chi connectivity index (χ2n) is 2.95. The second-order valence-corrected chi connectivity index (χ2v) is 2.95. The van der Waals surface area contributed by atoms with Gasteiger partial charge in [-0.25, -0.2) is 0 Å². The maximum absolute atomic E-state index is 7.22. The molecule has 1 atom stereocenters. The Morgan fingerprint density at radius 3 is 3.08 bits per heavy atom. The molecular weight excluding hydrogens is 166 g/mol. The molecule has 0 saturated heterocycles. The first-order valence-corrected chi connectivity index (χ1v) is 4.07. The van der Waals surface area contributed by atoms with Gasteiger partial charge in [0.2, 0.25) is 0 Å². The number of anilines is 1. The van der Waals surface area contributed by atoms with E-state index in [0.29, 0.717) is 6.61 Å². The van der Waals surface area contributed by atoms with E-state index in [4.69, 9.17) is 15.9 Å². The fraction of sp³-hybridized carbons (Fsp3) is 0.222. The van der Waals surface area contributed by atoms with Crippen LogP contribution in [0.4, 0.5) is 5.69 Å². The molecule has 1 unspecified atom stereocenters. The third kappa shape index (κ3) is 1.48. The van der Waals surface area contributed by atoms with Crippen molar-refractivity contribution >= 4 is 11.5 Å². The lowest BCUT2D eigenvalue weighted by Crippen LogP contribution is -2.39. The van der Waals surface area contributed by atoms with Crippen LogP contribution in [0.2, 0.25) is 0 Å². The number of amidine groups is 1. The molecule has 1 aliphatic rings. The minimum Gasteiger partial charge on any atom is -0.384 e. The van der Waals surface area contributed by atoms with Gasteiger partial charge in [-0.3, -0.25) is 5.41 Å². The van der Waals surface area contributed by atoms with Gasteiger partial charge in [0.1, 0.15) is 5.84 Å². The van der Waals surface area contributed by atoms with Crippen molar-refractivity contribution in [1.82, 2.24) is 0 Å². The molecule has 0 aromatic heterocycles. The van der Waals surface area contributed by atoms with Crippen molar-refractivity contribution in [3.05, 3.63) is 29.8 Å². The fourth-order valence-corrected chi connectivity index (χ4v) is 1.31. The highest BCUT2D eigenvalue weighted by Gasteiger charge is 2.19. The summed E-state index contributed by atoms with van der Waals surface area (Å²) in [7, 11) is 0. The quantitative estimate of drug-likeness (QED) is 0.440. The molecule has 1 aromatic carbocycles. The van der Waals surface area contributed by atoms with E-state index < -0.39 is 6.23 Å². The van der Waals surface area contributed by atoms with E-state index in [0.717, 1.165) is 11.3 Å². The Balaban J connectivity index is 2.24. The van der Waals surface area contributed by atoms with Crippen LogP contribution in [0.15, 0.2) is 24.3 Å². The molecule has 0 fully saturated rings. The van der Waals surface area contributed by atoms with Gasteiger partial charge < -0.3 is 15.8 Å². The lowest BCUT2D eigenvalue weighted by molar-refractivity contribution is 0.0921. The number of hydrogen-bond donors (Lipinski definition) is 3. The number of hydrogen-bond acceptors (Lipinski definition) is 3. The highest BCUT2D eigenvalue weighted by molar-refractivity contribution is 5.84. The Bertz CT molecular complexity index is 337. The van der Waals surface area contributed by atoms with Crippen molar-refractivity contribution in [2.75, 3.05) is 5.32 Å². The third-order valence-corrected chi connectivity index (χ3v) is 1.99. The standard InChI is InChI=1S/C9H11N3O/c10-8(11)9-12-7-4-2-1-3-6(7)5-13-9/h1-4,9,12H,5H2,(H3,10,11). The van der Waals surface area contributed by atoms with Crippen molar-refractivity contribution in [2.24, 2.45) is 5.73 Å². The van der Waals surface area contributed by atoms with E-state index >= 15 is 0 Å². The van der Waals surface area contributed by atoms with Crippen LogP contribution < -0.4 is 11.1 Å². The average molecular weight is 177 g/mol. The molecule has 0 aliphatic carbocycles. The van der Waals surface area contributed by atoms with Crippen LogP contribution >= 0.6 is 0 Å². The van der Waals surface area contributed by atoms with Crippen molar-refractivity contribution < 1.29 is 4.74 Å². The number of ether oxygens (including phenoxy) is 1. The minimum atomic E-state index is -0.477. The van der Waals surface area contributed by atoms with E-state index in [2.05, 4.69) is 5.32 Å². The van der Waals surface area contributed by atoms with Crippen LogP contribution in [0.5, 0.6) is 0 Å². The van der Waals surface area contributed by atoms with Gasteiger partial charge in [-0.15, -0.1) is 0 Å². The Kier molecular flexibility index (Phi) is 1.90. The lowest BCUT2D eigenvalue weighted by atomic mass is 10.1. The summed E-state index contributed by atoms with van der Waals surface area (Å²) in [4.78, 5) is 0. The van der Waals surface area contributed by atoms with Crippen LogP contribution in [0.25, 0.3) is 0 Å². The Hall–Kier alpha value is -1.55. The van der Waals surface area contributed by atoms with Gasteiger partial charge in [0.15, 0.2) is 6.23 Å². The molecule has 1 aliphatic heterocycles. The summed E-state index contributed by atoms with van der Waals surface area (Å²) in [6.07, 6.45) is -0.477. The van der Waals surface area contributed by atoms with Crippen LogP contribution in [0.1, 0.15) is 5.56 Å². The lowest BCUT2D eigenvalue weighted by Gasteiger charge is -2.26. The van der Waals surface area contributed by atoms with E-state index in [9.17, 15) is 0 Å². The number of benzene rings is 1. The molecule has 1 aromatic rings. The van der Waals surface area contributed by atoms with Crippen LogP contribution in [-0.2, 0) is 11.3 Å². The van der Waals surface area contributed by atoms with E-state index in [1.807, 2.05) is 24.3 Å². The zero-order valence-electron chi connectivity index (χ0n) is 7.08. The summed E-state index contributed by atoms with van der Waals surface area (Å²) in [5.74, 6) is 0.00880. The van der Waals surface area contributed by atoms with Gasteiger partial charge in [-0.1, -0.05) is 18.2 Å². The number of rotatable bonds is 1. The smallest absolute Gasteiger partial charge is 0.185 e. The number of nitrogens with two attached hydrogens (primary N) is 1. The molecule has 0 bridgehead atoms. The predicted octanol–water partition coefficient (Wildman–Crippen LogP) is 0.891. The predicted molar refractivity (Wildman–Crippen MR) is 50.6 cm³/mol. The first-order chi connectivity index (χ1) is 6.27. The normalized spacial score (nSPS) is 20.2. The molecule has 68 valence electrons. The van der Waals surface area contributed by atoms with Crippen molar-refractivity contribution in [2.45, 2.75) is 12.8 Å². The molecule has 1 heterocycles. The summed E-state index contributed by atoms with van der Waals surface area (Å²) in [5.41, 5.74) is 7.41. The molecule has 0 spiro atoms. The first kappa shape index (κ1) is 8.07. The van der Waals surface area contributed by atoms with Gasteiger partial charge >= 0.3 is 0 Å². The topological polar surface area (TPSA) is 71.1 Å². The van der Waals surface area contributed by atoms with Gasteiger partial charge in [0.05, 0.1) is 6.61 Å². The maximum atomic E-state index is 7.22. The zero-order valence-corrected chi connectivity index (χ0v) is 7.08. The number of para-hydroxylation sites is 1. The Morgan fingerprint density at radius 2 is 2.31 bits per heavy atom. The van der Waals surface area contributed by atoms with Gasteiger partial charge in [0, 0.05) is 11.3 Å². The Labute approximate surface area is 76.2 Å². The van der Waals surface area contributed by atoms with Crippen molar-refractivity contribution in [3.8, 4) is 0 Å². The third-order valence-electron chi connectivity index (χ3n) is 1.99. The van der Waals surface area contributed by atoms with Crippen molar-refractivity contribution in [3.63, 3.8) is 0 Å². The van der Waals surface area contributed by atoms with Gasteiger partial charge in [-0.05, 0) is 6.07 Å². The van der Waals surface area contributed by atoms with Gasteiger partial charge in [0.25, 0.3) is 0 Å².